The number of hydrogen-bond donors (Lipinski definition) is 0. The first-order valence-electron chi connectivity index (χ1n) is 3.59. The summed E-state index contributed by atoms with van der Waals surface area (Å²) in [6.07, 6.45) is 1.32. The summed E-state index contributed by atoms with van der Waals surface area (Å²) in [5, 5.41) is 0. The van der Waals surface area contributed by atoms with Crippen LogP contribution < -0.4 is 0 Å². The largest absolute Gasteiger partial charge is 0.349 e. The van der Waals surface area contributed by atoms with Crippen LogP contribution in [-0.2, 0) is 9.47 Å². The van der Waals surface area contributed by atoms with Gasteiger partial charge in [-0.2, -0.15) is 0 Å². The molecule has 2 nitrogen and oxygen atoms in total. The van der Waals surface area contributed by atoms with Crippen LogP contribution in [0.1, 0.15) is 13.8 Å². The maximum atomic E-state index is 5.27. The Morgan fingerprint density at radius 2 is 1.91 bits per heavy atom. The summed E-state index contributed by atoms with van der Waals surface area (Å²) in [5.41, 5.74) is 3.98. The molecule has 0 aliphatic rings. The highest BCUT2D eigenvalue weighted by atomic mass is 35.5. The van der Waals surface area contributed by atoms with Gasteiger partial charge in [0.15, 0.2) is 6.29 Å². The van der Waals surface area contributed by atoms with Crippen molar-refractivity contribution in [3.8, 4) is 0 Å². The van der Waals surface area contributed by atoms with Gasteiger partial charge in [0, 0.05) is 24.8 Å². The van der Waals surface area contributed by atoms with Crippen molar-refractivity contribution in [2.75, 3.05) is 13.2 Å². The Balaban J connectivity index is 3.77. The Bertz CT molecular complexity index is 133. The monoisotopic (exact) mass is 176 g/mol. The molecule has 11 heavy (non-hydrogen) atoms. The van der Waals surface area contributed by atoms with Gasteiger partial charge < -0.3 is 9.47 Å². The topological polar surface area (TPSA) is 18.5 Å². The van der Waals surface area contributed by atoms with Gasteiger partial charge in [-0.3, -0.25) is 0 Å². The molecular weight excluding hydrogens is 164 g/mol. The lowest BCUT2D eigenvalue weighted by molar-refractivity contribution is -0.103. The lowest BCUT2D eigenvalue weighted by Gasteiger charge is -2.10. The van der Waals surface area contributed by atoms with Crippen LogP contribution in [0.15, 0.2) is 17.3 Å². The highest BCUT2D eigenvalue weighted by Gasteiger charge is 1.99. The minimum absolute atomic E-state index is 0.319. The standard InChI is InChI=1S/C8H13ClO2/c1-3-10-8(11-4-2)6-5-7-9/h6-8H,3-4H2,1-2H3. The third kappa shape index (κ3) is 6.14. The van der Waals surface area contributed by atoms with Crippen LogP contribution >= 0.6 is 11.6 Å². The molecule has 0 aromatic rings. The number of hydrogen-bond acceptors (Lipinski definition) is 2. The second-order valence-electron chi connectivity index (χ2n) is 1.72. The zero-order valence-electron chi connectivity index (χ0n) is 6.84. The summed E-state index contributed by atoms with van der Waals surface area (Å²) >= 11 is 5.27. The van der Waals surface area contributed by atoms with Gasteiger partial charge in [0.1, 0.15) is 0 Å². The molecule has 0 unspecified atom stereocenters. The molecule has 0 fully saturated rings. The van der Waals surface area contributed by atoms with Gasteiger partial charge in [-0.1, -0.05) is 11.6 Å². The van der Waals surface area contributed by atoms with E-state index >= 15 is 0 Å². The third-order valence-electron chi connectivity index (χ3n) is 0.957. The van der Waals surface area contributed by atoms with E-state index in [1.165, 1.54) is 5.54 Å². The SMILES string of the molecule is CCOC(C=C=CCl)OCC. The minimum Gasteiger partial charge on any atom is -0.349 e. The van der Waals surface area contributed by atoms with E-state index in [0.717, 1.165) is 0 Å². The molecule has 0 aliphatic heterocycles. The molecule has 0 heterocycles. The summed E-state index contributed by atoms with van der Waals surface area (Å²) < 4.78 is 10.3. The number of ether oxygens (including phenoxy) is 2. The molecule has 0 saturated carbocycles. The maximum absolute atomic E-state index is 5.27. The van der Waals surface area contributed by atoms with Gasteiger partial charge in [0.25, 0.3) is 0 Å². The van der Waals surface area contributed by atoms with Gasteiger partial charge in [-0.25, -0.2) is 0 Å². The van der Waals surface area contributed by atoms with Crippen LogP contribution in [0.5, 0.6) is 0 Å². The van der Waals surface area contributed by atoms with Crippen LogP contribution in [0.4, 0.5) is 0 Å². The summed E-state index contributed by atoms with van der Waals surface area (Å²) in [6.45, 7) is 5.05. The van der Waals surface area contributed by atoms with Crippen molar-refractivity contribution in [3.63, 3.8) is 0 Å². The van der Waals surface area contributed by atoms with Gasteiger partial charge >= 0.3 is 0 Å². The third-order valence-corrected chi connectivity index (χ3v) is 1.08. The molecule has 0 spiro atoms. The predicted octanol–water partition coefficient (Wildman–Crippen LogP) is 2.29. The second-order valence-corrected chi connectivity index (χ2v) is 1.94. The van der Waals surface area contributed by atoms with Crippen LogP contribution in [0.25, 0.3) is 0 Å². The zero-order valence-corrected chi connectivity index (χ0v) is 7.60. The van der Waals surface area contributed by atoms with Crippen molar-refractivity contribution in [3.05, 3.63) is 17.3 Å². The molecule has 3 heteroatoms. The summed E-state index contributed by atoms with van der Waals surface area (Å²) in [7, 11) is 0. The quantitative estimate of drug-likeness (QED) is 0.473. The van der Waals surface area contributed by atoms with Crippen molar-refractivity contribution >= 4 is 11.6 Å². The molecule has 0 aliphatic carbocycles. The molecular formula is C8H13ClO2. The van der Waals surface area contributed by atoms with E-state index < -0.39 is 0 Å². The Morgan fingerprint density at radius 1 is 1.36 bits per heavy atom. The van der Waals surface area contributed by atoms with Crippen molar-refractivity contribution in [1.29, 1.82) is 0 Å². The lowest BCUT2D eigenvalue weighted by atomic mass is 10.5. The molecule has 0 bridgehead atoms. The summed E-state index contributed by atoms with van der Waals surface area (Å²) in [6, 6.07) is 0. The van der Waals surface area contributed by atoms with Gasteiger partial charge in [0.05, 0.1) is 0 Å². The predicted molar refractivity (Wildman–Crippen MR) is 45.5 cm³/mol. The molecule has 0 N–H and O–H groups in total. The average molecular weight is 177 g/mol. The van der Waals surface area contributed by atoms with Gasteiger partial charge in [-0.05, 0) is 13.8 Å². The molecule has 0 atom stereocenters. The molecule has 0 rings (SSSR count). The van der Waals surface area contributed by atoms with Crippen LogP contribution in [0, 0.1) is 0 Å². The van der Waals surface area contributed by atoms with Crippen LogP contribution in [-0.4, -0.2) is 19.5 Å². The fourth-order valence-electron chi connectivity index (χ4n) is 0.588. The summed E-state index contributed by atoms with van der Waals surface area (Å²) in [4.78, 5) is 0. The van der Waals surface area contributed by atoms with Gasteiger partial charge in [0.2, 0.25) is 0 Å². The highest BCUT2D eigenvalue weighted by Crippen LogP contribution is 1.95. The molecule has 0 amide bonds. The molecule has 0 aromatic carbocycles. The highest BCUT2D eigenvalue weighted by molar-refractivity contribution is 6.25. The van der Waals surface area contributed by atoms with Crippen molar-refractivity contribution in [2.45, 2.75) is 20.1 Å². The number of rotatable bonds is 5. The lowest BCUT2D eigenvalue weighted by Crippen LogP contribution is -2.13. The van der Waals surface area contributed by atoms with E-state index in [9.17, 15) is 0 Å². The van der Waals surface area contributed by atoms with Gasteiger partial charge in [-0.15, -0.1) is 5.73 Å². The number of halogens is 1. The van der Waals surface area contributed by atoms with Crippen molar-refractivity contribution in [1.82, 2.24) is 0 Å². The first-order valence-corrected chi connectivity index (χ1v) is 4.03. The first-order chi connectivity index (χ1) is 5.35. The fraction of sp³-hybridized carbons (Fsp3) is 0.625. The van der Waals surface area contributed by atoms with E-state index in [1.807, 2.05) is 13.8 Å². The maximum Gasteiger partial charge on any atom is 0.184 e. The molecule has 0 aromatic heterocycles. The second kappa shape index (κ2) is 7.83. The normalized spacial score (nSPS) is 9.45. The molecule has 0 radical (unpaired) electrons. The minimum atomic E-state index is -0.319. The molecule has 64 valence electrons. The smallest absolute Gasteiger partial charge is 0.184 e. The van der Waals surface area contributed by atoms with E-state index in [0.29, 0.717) is 13.2 Å². The fourth-order valence-corrected chi connectivity index (χ4v) is 0.661. The Hall–Kier alpha value is -0.270. The van der Waals surface area contributed by atoms with E-state index in [-0.39, 0.29) is 6.29 Å². The first kappa shape index (κ1) is 10.7. The van der Waals surface area contributed by atoms with Crippen LogP contribution in [0.3, 0.4) is 0 Å². The Morgan fingerprint density at radius 3 is 2.27 bits per heavy atom. The Labute approximate surface area is 72.4 Å². The summed E-state index contributed by atoms with van der Waals surface area (Å²) in [5.74, 6) is 0. The molecule has 0 saturated heterocycles. The van der Waals surface area contributed by atoms with E-state index in [2.05, 4.69) is 5.73 Å². The Kier molecular flexibility index (Phi) is 7.64. The van der Waals surface area contributed by atoms with E-state index in [4.69, 9.17) is 21.1 Å². The zero-order chi connectivity index (χ0) is 8.53. The van der Waals surface area contributed by atoms with Crippen molar-refractivity contribution in [2.24, 2.45) is 0 Å². The van der Waals surface area contributed by atoms with Crippen molar-refractivity contribution < 1.29 is 9.47 Å². The average Bonchev–Trinajstić information content (AvgIpc) is 2.01. The van der Waals surface area contributed by atoms with E-state index in [1.54, 1.807) is 6.08 Å². The van der Waals surface area contributed by atoms with Crippen LogP contribution in [0.2, 0.25) is 0 Å².